The molecule has 0 fully saturated rings. The van der Waals surface area contributed by atoms with Gasteiger partial charge >= 0.3 is 0 Å². The molecule has 4 rings (SSSR count). The maximum absolute atomic E-state index is 13.0. The van der Waals surface area contributed by atoms with Crippen LogP contribution in [-0.4, -0.2) is 5.78 Å². The van der Waals surface area contributed by atoms with Crippen molar-refractivity contribution in [1.29, 1.82) is 0 Å². The predicted molar refractivity (Wildman–Crippen MR) is 97.3 cm³/mol. The number of fused-ring (bicyclic) bond motifs is 2. The fraction of sp³-hybridized carbons (Fsp3) is 0.0952. The van der Waals surface area contributed by atoms with Gasteiger partial charge in [0.15, 0.2) is 5.78 Å². The van der Waals surface area contributed by atoms with Gasteiger partial charge in [-0.25, -0.2) is 0 Å². The van der Waals surface area contributed by atoms with Gasteiger partial charge in [0.05, 0.1) is 0 Å². The number of carbonyl (C=O) groups excluding carboxylic acids is 1. The highest BCUT2D eigenvalue weighted by Crippen LogP contribution is 2.30. The van der Waals surface area contributed by atoms with E-state index in [1.54, 1.807) is 24.3 Å². The minimum absolute atomic E-state index is 0.0352. The van der Waals surface area contributed by atoms with Crippen molar-refractivity contribution in [2.24, 2.45) is 0 Å². The van der Waals surface area contributed by atoms with Crippen molar-refractivity contribution in [2.75, 3.05) is 11.1 Å². The van der Waals surface area contributed by atoms with E-state index in [2.05, 4.69) is 23.5 Å². The van der Waals surface area contributed by atoms with E-state index in [1.165, 1.54) is 11.1 Å². The molecule has 0 aromatic heterocycles. The van der Waals surface area contributed by atoms with Crippen LogP contribution in [0.4, 0.5) is 11.4 Å². The molecule has 1 heterocycles. The van der Waals surface area contributed by atoms with Gasteiger partial charge in [-0.05, 0) is 47.0 Å². The number of benzene rings is 3. The van der Waals surface area contributed by atoms with Gasteiger partial charge in [-0.15, -0.1) is 0 Å². The lowest BCUT2D eigenvalue weighted by Crippen LogP contribution is -2.08. The standard InChI is InChI=1S/C21H18N2O/c22-17-10-8-14(9-11-17)21(24)18-6-3-7-20-19(18)12-15-4-1-2-5-16(15)13-23-20/h1-11,23H,12-13,22H2. The number of anilines is 2. The summed E-state index contributed by atoms with van der Waals surface area (Å²) in [6.45, 7) is 0.780. The molecule has 1 aliphatic heterocycles. The van der Waals surface area contributed by atoms with Crippen LogP contribution in [0.3, 0.4) is 0 Å². The minimum Gasteiger partial charge on any atom is -0.399 e. The fourth-order valence-corrected chi connectivity index (χ4v) is 3.23. The number of nitrogens with one attached hydrogen (secondary N) is 1. The smallest absolute Gasteiger partial charge is 0.193 e. The van der Waals surface area contributed by atoms with Crippen LogP contribution in [0.5, 0.6) is 0 Å². The van der Waals surface area contributed by atoms with E-state index in [9.17, 15) is 4.79 Å². The van der Waals surface area contributed by atoms with Gasteiger partial charge in [0.2, 0.25) is 0 Å². The number of rotatable bonds is 2. The molecule has 0 bridgehead atoms. The molecule has 0 atom stereocenters. The van der Waals surface area contributed by atoms with Gasteiger partial charge in [0.1, 0.15) is 0 Å². The molecule has 0 aliphatic carbocycles. The van der Waals surface area contributed by atoms with Gasteiger partial charge in [0, 0.05) is 35.5 Å². The molecule has 0 spiro atoms. The molecule has 24 heavy (non-hydrogen) atoms. The molecular weight excluding hydrogens is 296 g/mol. The Morgan fingerprint density at radius 1 is 0.875 bits per heavy atom. The summed E-state index contributed by atoms with van der Waals surface area (Å²) >= 11 is 0. The summed E-state index contributed by atoms with van der Waals surface area (Å²) in [5.41, 5.74) is 12.4. The molecule has 0 unspecified atom stereocenters. The normalized spacial score (nSPS) is 12.5. The minimum atomic E-state index is 0.0352. The van der Waals surface area contributed by atoms with Crippen LogP contribution >= 0.6 is 0 Å². The molecule has 0 amide bonds. The fourth-order valence-electron chi connectivity index (χ4n) is 3.23. The van der Waals surface area contributed by atoms with Gasteiger partial charge in [-0.1, -0.05) is 36.4 Å². The zero-order valence-electron chi connectivity index (χ0n) is 13.3. The Kier molecular flexibility index (Phi) is 3.54. The van der Waals surface area contributed by atoms with Gasteiger partial charge in [-0.2, -0.15) is 0 Å². The molecule has 118 valence electrons. The van der Waals surface area contributed by atoms with Crippen LogP contribution in [0.25, 0.3) is 0 Å². The quantitative estimate of drug-likeness (QED) is 0.555. The monoisotopic (exact) mass is 314 g/mol. The Labute approximate surface area is 141 Å². The molecule has 0 saturated heterocycles. The predicted octanol–water partition coefficient (Wildman–Crippen LogP) is 4.02. The lowest BCUT2D eigenvalue weighted by Gasteiger charge is -2.12. The van der Waals surface area contributed by atoms with E-state index in [-0.39, 0.29) is 5.78 Å². The van der Waals surface area contributed by atoms with E-state index in [0.29, 0.717) is 11.3 Å². The molecule has 3 aromatic carbocycles. The SMILES string of the molecule is Nc1ccc(C(=O)c2cccc3c2Cc2ccccc2CN3)cc1. The third-order valence-electron chi connectivity index (χ3n) is 4.55. The van der Waals surface area contributed by atoms with E-state index in [1.807, 2.05) is 24.3 Å². The highest BCUT2D eigenvalue weighted by molar-refractivity contribution is 6.10. The second kappa shape index (κ2) is 5.85. The van der Waals surface area contributed by atoms with E-state index < -0.39 is 0 Å². The van der Waals surface area contributed by atoms with Gasteiger partial charge in [0.25, 0.3) is 0 Å². The number of nitrogen functional groups attached to an aromatic ring is 1. The number of hydrogen-bond acceptors (Lipinski definition) is 3. The molecule has 3 nitrogen and oxygen atoms in total. The number of carbonyl (C=O) groups is 1. The maximum Gasteiger partial charge on any atom is 0.193 e. The van der Waals surface area contributed by atoms with Crippen molar-refractivity contribution in [3.63, 3.8) is 0 Å². The molecular formula is C21H18N2O. The Bertz CT molecular complexity index is 913. The zero-order valence-corrected chi connectivity index (χ0v) is 13.3. The average Bonchev–Trinajstić information content (AvgIpc) is 2.81. The topological polar surface area (TPSA) is 55.1 Å². The number of nitrogens with two attached hydrogens (primary N) is 1. The van der Waals surface area contributed by atoms with E-state index in [4.69, 9.17) is 5.73 Å². The Morgan fingerprint density at radius 2 is 1.62 bits per heavy atom. The van der Waals surface area contributed by atoms with Crippen LogP contribution in [0.15, 0.2) is 66.7 Å². The molecule has 0 radical (unpaired) electrons. The Morgan fingerprint density at radius 3 is 2.42 bits per heavy atom. The molecule has 1 aliphatic rings. The van der Waals surface area contributed by atoms with Crippen molar-refractivity contribution >= 4 is 17.2 Å². The van der Waals surface area contributed by atoms with Crippen molar-refractivity contribution < 1.29 is 4.79 Å². The first kappa shape index (κ1) is 14.5. The first-order chi connectivity index (χ1) is 11.7. The zero-order chi connectivity index (χ0) is 16.5. The highest BCUT2D eigenvalue weighted by atomic mass is 16.1. The largest absolute Gasteiger partial charge is 0.399 e. The molecule has 3 aromatic rings. The van der Waals surface area contributed by atoms with E-state index >= 15 is 0 Å². The Balaban J connectivity index is 1.79. The second-order valence-corrected chi connectivity index (χ2v) is 6.08. The van der Waals surface area contributed by atoms with Crippen molar-refractivity contribution in [3.05, 3.63) is 94.5 Å². The lowest BCUT2D eigenvalue weighted by molar-refractivity contribution is 0.103. The highest BCUT2D eigenvalue weighted by Gasteiger charge is 2.20. The van der Waals surface area contributed by atoms with Crippen molar-refractivity contribution in [2.45, 2.75) is 13.0 Å². The van der Waals surface area contributed by atoms with Crippen LogP contribution in [0.2, 0.25) is 0 Å². The van der Waals surface area contributed by atoms with Crippen molar-refractivity contribution in [3.8, 4) is 0 Å². The first-order valence-corrected chi connectivity index (χ1v) is 8.05. The molecule has 3 heteroatoms. The summed E-state index contributed by atoms with van der Waals surface area (Å²) in [5.74, 6) is 0.0352. The lowest BCUT2D eigenvalue weighted by atomic mass is 9.92. The van der Waals surface area contributed by atoms with Gasteiger partial charge in [-0.3, -0.25) is 4.79 Å². The number of ketones is 1. The van der Waals surface area contributed by atoms with E-state index in [0.717, 1.165) is 29.8 Å². The summed E-state index contributed by atoms with van der Waals surface area (Å²) in [6.07, 6.45) is 0.759. The second-order valence-electron chi connectivity index (χ2n) is 6.08. The van der Waals surface area contributed by atoms with Crippen LogP contribution in [0.1, 0.15) is 32.6 Å². The summed E-state index contributed by atoms with van der Waals surface area (Å²) in [5, 5.41) is 3.46. The van der Waals surface area contributed by atoms with Gasteiger partial charge < -0.3 is 11.1 Å². The third-order valence-corrected chi connectivity index (χ3v) is 4.55. The first-order valence-electron chi connectivity index (χ1n) is 8.05. The third kappa shape index (κ3) is 2.54. The van der Waals surface area contributed by atoms with Crippen LogP contribution in [-0.2, 0) is 13.0 Å². The summed E-state index contributed by atoms with van der Waals surface area (Å²) in [7, 11) is 0. The van der Waals surface area contributed by atoms with Crippen LogP contribution < -0.4 is 11.1 Å². The average molecular weight is 314 g/mol. The summed E-state index contributed by atoms with van der Waals surface area (Å²) in [6, 6.07) is 21.4. The maximum atomic E-state index is 13.0. The molecule has 3 N–H and O–H groups in total. The Hall–Kier alpha value is -3.07. The molecule has 0 saturated carbocycles. The van der Waals surface area contributed by atoms with Crippen LogP contribution in [0, 0.1) is 0 Å². The van der Waals surface area contributed by atoms with Crippen molar-refractivity contribution in [1.82, 2.24) is 0 Å². The summed E-state index contributed by atoms with van der Waals surface area (Å²) < 4.78 is 0. The summed E-state index contributed by atoms with van der Waals surface area (Å²) in [4.78, 5) is 13.0. The number of hydrogen-bond donors (Lipinski definition) is 2.